The van der Waals surface area contributed by atoms with Gasteiger partial charge in [0.05, 0.1) is 11.0 Å². The maximum absolute atomic E-state index is 11.6. The maximum atomic E-state index is 11.6. The van der Waals surface area contributed by atoms with Crippen molar-refractivity contribution in [3.05, 3.63) is 21.1 Å². The molecule has 0 aliphatic rings. The molecule has 0 aliphatic heterocycles. The fourth-order valence-electron chi connectivity index (χ4n) is 2.37. The molecule has 1 aromatic carbocycles. The first-order valence-corrected chi connectivity index (χ1v) is 9.86. The molecular weight excluding hydrogens is 452 g/mol. The quantitative estimate of drug-likeness (QED) is 0.582. The van der Waals surface area contributed by atoms with Gasteiger partial charge in [0, 0.05) is 28.6 Å². The van der Waals surface area contributed by atoms with Crippen LogP contribution in [-0.2, 0) is 11.3 Å². The van der Waals surface area contributed by atoms with Crippen LogP contribution in [0.25, 0.3) is 11.0 Å². The minimum Gasteiger partial charge on any atom is -0.444 e. The van der Waals surface area contributed by atoms with E-state index in [1.807, 2.05) is 26.8 Å². The number of hydrogen-bond acceptors (Lipinski definition) is 4. The Balaban J connectivity index is 1.90. The summed E-state index contributed by atoms with van der Waals surface area (Å²) in [6, 6.07) is 4.06. The number of aromatic nitrogens is 2. The molecule has 0 aliphatic carbocycles. The maximum Gasteiger partial charge on any atom is 0.407 e. The van der Waals surface area contributed by atoms with Crippen molar-refractivity contribution in [2.24, 2.45) is 0 Å². The molecule has 1 heterocycles. The summed E-state index contributed by atoms with van der Waals surface area (Å²) in [5.74, 6) is 0.833. The monoisotopic (exact) mass is 474 g/mol. The molecule has 6 nitrogen and oxygen atoms in total. The molecule has 2 N–H and O–H groups in total. The van der Waals surface area contributed by atoms with Gasteiger partial charge in [0.1, 0.15) is 5.60 Å². The highest BCUT2D eigenvalue weighted by atomic mass is 79.9. The van der Waals surface area contributed by atoms with Crippen LogP contribution in [0, 0.1) is 0 Å². The first-order chi connectivity index (χ1) is 11.7. The van der Waals surface area contributed by atoms with Crippen LogP contribution in [0.15, 0.2) is 21.1 Å². The van der Waals surface area contributed by atoms with Gasteiger partial charge in [-0.05, 0) is 78.1 Å². The highest BCUT2D eigenvalue weighted by Gasteiger charge is 2.15. The normalized spacial score (nSPS) is 11.6. The molecule has 25 heavy (non-hydrogen) atoms. The van der Waals surface area contributed by atoms with Crippen molar-refractivity contribution in [1.29, 1.82) is 0 Å². The number of carbonyl (C=O) groups is 1. The van der Waals surface area contributed by atoms with Gasteiger partial charge in [-0.2, -0.15) is 0 Å². The molecule has 1 amide bonds. The number of imidazole rings is 1. The van der Waals surface area contributed by atoms with Gasteiger partial charge in [-0.25, -0.2) is 9.78 Å². The lowest BCUT2D eigenvalue weighted by Crippen LogP contribution is -2.33. The van der Waals surface area contributed by atoms with Gasteiger partial charge in [0.15, 0.2) is 0 Å². The van der Waals surface area contributed by atoms with E-state index >= 15 is 0 Å². The van der Waals surface area contributed by atoms with Gasteiger partial charge >= 0.3 is 6.09 Å². The van der Waals surface area contributed by atoms with Gasteiger partial charge in [-0.1, -0.05) is 0 Å². The average molecular weight is 476 g/mol. The summed E-state index contributed by atoms with van der Waals surface area (Å²) in [6.45, 7) is 9.71. The number of hydrogen-bond donors (Lipinski definition) is 2. The van der Waals surface area contributed by atoms with Crippen molar-refractivity contribution in [3.63, 3.8) is 0 Å². The highest BCUT2D eigenvalue weighted by Crippen LogP contribution is 2.30. The summed E-state index contributed by atoms with van der Waals surface area (Å²) in [7, 11) is 0. The number of amides is 1. The van der Waals surface area contributed by atoms with E-state index in [-0.39, 0.29) is 6.09 Å². The number of fused-ring (bicyclic) bond motifs is 1. The van der Waals surface area contributed by atoms with Crippen molar-refractivity contribution in [2.45, 2.75) is 46.3 Å². The Bertz CT molecular complexity index is 753. The summed E-state index contributed by atoms with van der Waals surface area (Å²) < 4.78 is 9.32. The number of halogens is 2. The minimum atomic E-state index is -0.475. The molecule has 0 atom stereocenters. The number of alkyl carbamates (subject to hydrolysis) is 1. The van der Waals surface area contributed by atoms with Crippen molar-refractivity contribution in [3.8, 4) is 0 Å². The SMILES string of the molecule is CCn1c(NCCCNC(=O)OC(C)(C)C)nc2cc(Br)c(Br)cc21. The van der Waals surface area contributed by atoms with E-state index < -0.39 is 5.60 Å². The van der Waals surface area contributed by atoms with Crippen LogP contribution in [0.5, 0.6) is 0 Å². The first-order valence-electron chi connectivity index (χ1n) is 8.27. The average Bonchev–Trinajstić information content (AvgIpc) is 2.82. The lowest BCUT2D eigenvalue weighted by molar-refractivity contribution is 0.0528. The van der Waals surface area contributed by atoms with E-state index in [2.05, 4.69) is 65.0 Å². The summed E-state index contributed by atoms with van der Waals surface area (Å²) in [5, 5.41) is 6.10. The third-order valence-corrected chi connectivity index (χ3v) is 5.26. The lowest BCUT2D eigenvalue weighted by atomic mass is 10.2. The number of nitrogens with zero attached hydrogens (tertiary/aromatic N) is 2. The molecule has 0 fully saturated rings. The summed E-state index contributed by atoms with van der Waals surface area (Å²) in [5.41, 5.74) is 1.54. The van der Waals surface area contributed by atoms with Crippen molar-refractivity contribution < 1.29 is 9.53 Å². The van der Waals surface area contributed by atoms with E-state index in [0.29, 0.717) is 13.1 Å². The number of aryl methyl sites for hydroxylation is 1. The molecule has 1 aromatic heterocycles. The Morgan fingerprint density at radius 1 is 1.24 bits per heavy atom. The molecule has 0 saturated carbocycles. The van der Waals surface area contributed by atoms with Crippen LogP contribution in [0.4, 0.5) is 10.7 Å². The van der Waals surface area contributed by atoms with Crippen LogP contribution in [-0.4, -0.2) is 34.3 Å². The molecular formula is C17H24Br2N4O2. The van der Waals surface area contributed by atoms with Crippen molar-refractivity contribution in [2.75, 3.05) is 18.4 Å². The molecule has 0 spiro atoms. The highest BCUT2D eigenvalue weighted by molar-refractivity contribution is 9.13. The zero-order valence-electron chi connectivity index (χ0n) is 14.9. The molecule has 0 saturated heterocycles. The fraction of sp³-hybridized carbons (Fsp3) is 0.529. The van der Waals surface area contributed by atoms with Crippen molar-refractivity contribution >= 4 is 54.9 Å². The van der Waals surface area contributed by atoms with Crippen LogP contribution in [0.1, 0.15) is 34.1 Å². The number of rotatable bonds is 6. The summed E-state index contributed by atoms with van der Waals surface area (Å²) in [4.78, 5) is 16.3. The first kappa shape index (κ1) is 20.0. The van der Waals surface area contributed by atoms with E-state index in [1.54, 1.807) is 0 Å². The number of anilines is 1. The lowest BCUT2D eigenvalue weighted by Gasteiger charge is -2.19. The minimum absolute atomic E-state index is 0.386. The van der Waals surface area contributed by atoms with E-state index in [9.17, 15) is 4.79 Å². The molecule has 2 rings (SSSR count). The van der Waals surface area contributed by atoms with Crippen LogP contribution in [0.3, 0.4) is 0 Å². The predicted octanol–water partition coefficient (Wildman–Crippen LogP) is 4.91. The third kappa shape index (κ3) is 5.60. The van der Waals surface area contributed by atoms with Gasteiger partial charge in [-0.3, -0.25) is 0 Å². The Kier molecular flexibility index (Phi) is 6.73. The number of ether oxygens (including phenoxy) is 1. The summed E-state index contributed by atoms with van der Waals surface area (Å²) >= 11 is 7.05. The second-order valence-electron chi connectivity index (χ2n) is 6.64. The zero-order chi connectivity index (χ0) is 18.6. The van der Waals surface area contributed by atoms with E-state index in [4.69, 9.17) is 4.74 Å². The van der Waals surface area contributed by atoms with Gasteiger partial charge in [-0.15, -0.1) is 0 Å². The summed E-state index contributed by atoms with van der Waals surface area (Å²) in [6.07, 6.45) is 0.391. The Morgan fingerprint density at radius 2 is 1.92 bits per heavy atom. The second-order valence-corrected chi connectivity index (χ2v) is 8.35. The van der Waals surface area contributed by atoms with E-state index in [1.165, 1.54) is 0 Å². The predicted molar refractivity (Wildman–Crippen MR) is 108 cm³/mol. The van der Waals surface area contributed by atoms with Crippen LogP contribution >= 0.6 is 31.9 Å². The molecule has 0 bridgehead atoms. The largest absolute Gasteiger partial charge is 0.444 e. The standard InChI is InChI=1S/C17H24Br2N4O2/c1-5-23-14-10-12(19)11(18)9-13(14)22-15(23)20-7-6-8-21-16(24)25-17(2,3)4/h9-10H,5-8H2,1-4H3,(H,20,22)(H,21,24). The molecule has 0 radical (unpaired) electrons. The zero-order valence-corrected chi connectivity index (χ0v) is 18.1. The van der Waals surface area contributed by atoms with Gasteiger partial charge in [0.25, 0.3) is 0 Å². The molecule has 0 unspecified atom stereocenters. The number of nitrogens with one attached hydrogen (secondary N) is 2. The molecule has 8 heteroatoms. The smallest absolute Gasteiger partial charge is 0.407 e. The Hall–Kier alpha value is -1.28. The number of benzene rings is 1. The van der Waals surface area contributed by atoms with Gasteiger partial charge in [0.2, 0.25) is 5.95 Å². The van der Waals surface area contributed by atoms with Crippen LogP contribution in [0.2, 0.25) is 0 Å². The second kappa shape index (κ2) is 8.40. The topological polar surface area (TPSA) is 68.2 Å². The fourth-order valence-corrected chi connectivity index (χ4v) is 3.03. The van der Waals surface area contributed by atoms with Gasteiger partial charge < -0.3 is 19.9 Å². The van der Waals surface area contributed by atoms with Crippen LogP contribution < -0.4 is 10.6 Å². The Labute approximate surface area is 165 Å². The number of carbonyl (C=O) groups excluding carboxylic acids is 1. The molecule has 2 aromatic rings. The molecule has 138 valence electrons. The Morgan fingerprint density at radius 3 is 2.56 bits per heavy atom. The van der Waals surface area contributed by atoms with E-state index in [0.717, 1.165) is 38.9 Å². The van der Waals surface area contributed by atoms with Crippen molar-refractivity contribution in [1.82, 2.24) is 14.9 Å². The third-order valence-electron chi connectivity index (χ3n) is 3.41.